The van der Waals surface area contributed by atoms with Crippen LogP contribution < -0.4 is 14.8 Å². The summed E-state index contributed by atoms with van der Waals surface area (Å²) in [6.45, 7) is 5.85. The van der Waals surface area contributed by atoms with Gasteiger partial charge in [-0.15, -0.1) is 0 Å². The van der Waals surface area contributed by atoms with Crippen molar-refractivity contribution in [1.29, 1.82) is 0 Å². The second-order valence-corrected chi connectivity index (χ2v) is 6.18. The minimum absolute atomic E-state index is 0.103. The van der Waals surface area contributed by atoms with Gasteiger partial charge in [0.05, 0.1) is 6.61 Å². The zero-order valence-corrected chi connectivity index (χ0v) is 15.0. The first-order chi connectivity index (χ1) is 12.7. The van der Waals surface area contributed by atoms with Crippen LogP contribution in [0.15, 0.2) is 18.2 Å². The van der Waals surface area contributed by atoms with Gasteiger partial charge in [-0.05, 0) is 24.6 Å². The van der Waals surface area contributed by atoms with Gasteiger partial charge in [-0.2, -0.15) is 0 Å². The molecular formula is C18H25N3O5. The standard InChI is InChI=1S/C18H25N3O5/c1-2-24-18(23)21-9-7-20(8-10-21)17(22)5-6-19-12-14-3-4-15-16(11-14)26-13-25-15/h3-4,11,19H,2,5-10,12-13H2,1H3. The molecule has 0 atom stereocenters. The largest absolute Gasteiger partial charge is 0.454 e. The molecule has 8 heteroatoms. The lowest BCUT2D eigenvalue weighted by Gasteiger charge is -2.34. The van der Waals surface area contributed by atoms with Crippen LogP contribution in [0.25, 0.3) is 0 Å². The molecule has 1 aromatic carbocycles. The van der Waals surface area contributed by atoms with Crippen molar-refractivity contribution in [3.8, 4) is 11.5 Å². The van der Waals surface area contributed by atoms with E-state index in [4.69, 9.17) is 14.2 Å². The minimum atomic E-state index is -0.301. The lowest BCUT2D eigenvalue weighted by molar-refractivity contribution is -0.132. The third kappa shape index (κ3) is 4.57. The van der Waals surface area contributed by atoms with Gasteiger partial charge >= 0.3 is 6.09 Å². The number of carbonyl (C=O) groups is 2. The topological polar surface area (TPSA) is 80.3 Å². The van der Waals surface area contributed by atoms with Gasteiger partial charge in [0.15, 0.2) is 11.5 Å². The summed E-state index contributed by atoms with van der Waals surface area (Å²) in [5, 5.41) is 3.28. The molecule has 1 saturated heterocycles. The Morgan fingerprint density at radius 2 is 1.85 bits per heavy atom. The quantitative estimate of drug-likeness (QED) is 0.765. The summed E-state index contributed by atoms with van der Waals surface area (Å²) in [7, 11) is 0. The fourth-order valence-corrected chi connectivity index (χ4v) is 2.99. The molecule has 1 fully saturated rings. The second-order valence-electron chi connectivity index (χ2n) is 6.18. The number of piperazine rings is 1. The van der Waals surface area contributed by atoms with Gasteiger partial charge in [0.25, 0.3) is 0 Å². The Labute approximate surface area is 153 Å². The van der Waals surface area contributed by atoms with E-state index in [9.17, 15) is 9.59 Å². The van der Waals surface area contributed by atoms with Gasteiger partial charge < -0.3 is 29.3 Å². The Kier molecular flexibility index (Phi) is 6.17. The molecule has 0 bridgehead atoms. The number of carbonyl (C=O) groups excluding carboxylic acids is 2. The van der Waals surface area contributed by atoms with E-state index in [0.29, 0.717) is 52.3 Å². The molecule has 0 radical (unpaired) electrons. The number of hydrogen-bond acceptors (Lipinski definition) is 6. The highest BCUT2D eigenvalue weighted by Gasteiger charge is 2.24. The summed E-state index contributed by atoms with van der Waals surface area (Å²) in [5.41, 5.74) is 1.09. The highest BCUT2D eigenvalue weighted by atomic mass is 16.7. The predicted octanol–water partition coefficient (Wildman–Crippen LogP) is 1.20. The highest BCUT2D eigenvalue weighted by Crippen LogP contribution is 2.32. The van der Waals surface area contributed by atoms with Crippen molar-refractivity contribution in [1.82, 2.24) is 15.1 Å². The number of hydrogen-bond donors (Lipinski definition) is 1. The Bertz CT molecular complexity index is 644. The summed E-state index contributed by atoms with van der Waals surface area (Å²) in [5.74, 6) is 1.64. The lowest BCUT2D eigenvalue weighted by Crippen LogP contribution is -2.51. The van der Waals surface area contributed by atoms with Crippen LogP contribution in [0.4, 0.5) is 4.79 Å². The van der Waals surface area contributed by atoms with Gasteiger partial charge in [0.1, 0.15) is 0 Å². The zero-order chi connectivity index (χ0) is 18.4. The van der Waals surface area contributed by atoms with E-state index in [0.717, 1.165) is 17.1 Å². The molecule has 142 valence electrons. The Morgan fingerprint density at radius 1 is 1.12 bits per heavy atom. The number of nitrogens with zero attached hydrogens (tertiary/aromatic N) is 2. The fraction of sp³-hybridized carbons (Fsp3) is 0.556. The SMILES string of the molecule is CCOC(=O)N1CCN(C(=O)CCNCc2ccc3c(c2)OCO3)CC1. The molecule has 3 rings (SSSR count). The summed E-state index contributed by atoms with van der Waals surface area (Å²) in [6.07, 6.45) is 0.134. The number of amides is 2. The maximum atomic E-state index is 12.3. The molecule has 26 heavy (non-hydrogen) atoms. The molecule has 2 amide bonds. The van der Waals surface area contributed by atoms with Crippen molar-refractivity contribution in [2.24, 2.45) is 0 Å². The smallest absolute Gasteiger partial charge is 0.409 e. The van der Waals surface area contributed by atoms with Crippen LogP contribution in [0, 0.1) is 0 Å². The lowest BCUT2D eigenvalue weighted by atomic mass is 10.2. The minimum Gasteiger partial charge on any atom is -0.454 e. The average Bonchev–Trinajstić information content (AvgIpc) is 3.13. The van der Waals surface area contributed by atoms with Crippen molar-refractivity contribution in [2.75, 3.05) is 46.1 Å². The number of fused-ring (bicyclic) bond motifs is 1. The molecule has 2 aliphatic rings. The molecule has 2 heterocycles. The van der Waals surface area contributed by atoms with Crippen molar-refractivity contribution < 1.29 is 23.8 Å². The molecule has 0 aliphatic carbocycles. The Morgan fingerprint density at radius 3 is 2.62 bits per heavy atom. The molecule has 2 aliphatic heterocycles. The van der Waals surface area contributed by atoms with Crippen LogP contribution in [0.1, 0.15) is 18.9 Å². The number of benzene rings is 1. The summed E-state index contributed by atoms with van der Waals surface area (Å²) >= 11 is 0. The number of nitrogens with one attached hydrogen (secondary N) is 1. The van der Waals surface area contributed by atoms with E-state index in [1.807, 2.05) is 18.2 Å². The van der Waals surface area contributed by atoms with E-state index < -0.39 is 0 Å². The summed E-state index contributed by atoms with van der Waals surface area (Å²) in [6, 6.07) is 5.83. The summed E-state index contributed by atoms with van der Waals surface area (Å²) < 4.78 is 15.6. The normalized spacial score (nSPS) is 15.9. The monoisotopic (exact) mass is 363 g/mol. The highest BCUT2D eigenvalue weighted by molar-refractivity contribution is 5.77. The van der Waals surface area contributed by atoms with Crippen LogP contribution in [0.5, 0.6) is 11.5 Å². The molecule has 0 saturated carbocycles. The van der Waals surface area contributed by atoms with Crippen molar-refractivity contribution in [2.45, 2.75) is 19.9 Å². The van der Waals surface area contributed by atoms with Crippen LogP contribution >= 0.6 is 0 Å². The number of ether oxygens (including phenoxy) is 3. The Balaban J connectivity index is 1.34. The third-order valence-corrected chi connectivity index (χ3v) is 4.44. The van der Waals surface area contributed by atoms with Gasteiger partial charge in [-0.1, -0.05) is 6.07 Å². The molecule has 0 spiro atoms. The zero-order valence-electron chi connectivity index (χ0n) is 15.0. The van der Waals surface area contributed by atoms with Crippen molar-refractivity contribution in [3.63, 3.8) is 0 Å². The van der Waals surface area contributed by atoms with Crippen LogP contribution in [-0.4, -0.2) is 67.9 Å². The van der Waals surface area contributed by atoms with Crippen molar-refractivity contribution >= 4 is 12.0 Å². The first kappa shape index (κ1) is 18.3. The molecule has 0 unspecified atom stereocenters. The van der Waals surface area contributed by atoms with Gasteiger partial charge in [-0.3, -0.25) is 4.79 Å². The van der Waals surface area contributed by atoms with Crippen molar-refractivity contribution in [3.05, 3.63) is 23.8 Å². The van der Waals surface area contributed by atoms with E-state index in [1.165, 1.54) is 0 Å². The molecular weight excluding hydrogens is 338 g/mol. The van der Waals surface area contributed by atoms with Crippen LogP contribution in [0.2, 0.25) is 0 Å². The van der Waals surface area contributed by atoms with Crippen LogP contribution in [-0.2, 0) is 16.1 Å². The first-order valence-electron chi connectivity index (χ1n) is 8.96. The maximum Gasteiger partial charge on any atom is 0.409 e. The molecule has 8 nitrogen and oxygen atoms in total. The van der Waals surface area contributed by atoms with Gasteiger partial charge in [0, 0.05) is 45.7 Å². The van der Waals surface area contributed by atoms with Gasteiger partial charge in [0.2, 0.25) is 12.7 Å². The fourth-order valence-electron chi connectivity index (χ4n) is 2.99. The summed E-state index contributed by atoms with van der Waals surface area (Å²) in [4.78, 5) is 27.4. The van der Waals surface area contributed by atoms with Gasteiger partial charge in [-0.25, -0.2) is 4.79 Å². The molecule has 1 N–H and O–H groups in total. The Hall–Kier alpha value is -2.48. The van der Waals surface area contributed by atoms with E-state index in [1.54, 1.807) is 16.7 Å². The second kappa shape index (κ2) is 8.75. The van der Waals surface area contributed by atoms with Crippen LogP contribution in [0.3, 0.4) is 0 Å². The third-order valence-electron chi connectivity index (χ3n) is 4.44. The average molecular weight is 363 g/mol. The molecule has 1 aromatic rings. The van der Waals surface area contributed by atoms with E-state index in [2.05, 4.69) is 5.32 Å². The molecule has 0 aromatic heterocycles. The van der Waals surface area contributed by atoms with E-state index >= 15 is 0 Å². The maximum absolute atomic E-state index is 12.3. The predicted molar refractivity (Wildman–Crippen MR) is 94.1 cm³/mol. The number of rotatable bonds is 6. The van der Waals surface area contributed by atoms with E-state index in [-0.39, 0.29) is 18.8 Å². The first-order valence-corrected chi connectivity index (χ1v) is 8.96.